The van der Waals surface area contributed by atoms with Crippen LogP contribution in [0.25, 0.3) is 5.57 Å². The second-order valence-electron chi connectivity index (χ2n) is 8.11. The number of alkyl halides is 3. The van der Waals surface area contributed by atoms with E-state index in [1.54, 1.807) is 25.2 Å². The zero-order valence-electron chi connectivity index (χ0n) is 21.0. The number of rotatable bonds is 4. The molecule has 9 heteroatoms. The Hall–Kier alpha value is -1.02. The van der Waals surface area contributed by atoms with Gasteiger partial charge in [0.2, 0.25) is 0 Å². The summed E-state index contributed by atoms with van der Waals surface area (Å²) in [7, 11) is 0. The van der Waals surface area contributed by atoms with Gasteiger partial charge in [-0.3, -0.25) is 4.68 Å². The fourth-order valence-corrected chi connectivity index (χ4v) is 3.28. The zero-order valence-corrected chi connectivity index (χ0v) is 25.7. The van der Waals surface area contributed by atoms with Crippen LogP contribution >= 0.6 is 18.5 Å². The molecule has 1 aliphatic heterocycles. The molecule has 2 aromatic heterocycles. The van der Waals surface area contributed by atoms with E-state index in [1.807, 2.05) is 50.6 Å². The zero-order chi connectivity index (χ0) is 26.5. The van der Waals surface area contributed by atoms with Crippen molar-refractivity contribution >= 4 is 48.9 Å². The molecule has 0 atom stereocenters. The summed E-state index contributed by atoms with van der Waals surface area (Å²) >= 11 is 3.92. The quantitative estimate of drug-likeness (QED) is 0.202. The van der Waals surface area contributed by atoms with Crippen LogP contribution in [-0.2, 0) is 13.0 Å². The van der Waals surface area contributed by atoms with Crippen LogP contribution in [0.15, 0.2) is 42.6 Å². The number of halogens is 4. The van der Waals surface area contributed by atoms with Crippen molar-refractivity contribution in [3.05, 3.63) is 59.6 Å². The van der Waals surface area contributed by atoms with Crippen molar-refractivity contribution in [3.63, 3.8) is 0 Å². The van der Waals surface area contributed by atoms with E-state index in [0.29, 0.717) is 23.0 Å². The molecule has 34 heavy (non-hydrogen) atoms. The van der Waals surface area contributed by atoms with E-state index in [-0.39, 0.29) is 5.92 Å². The number of pyridine rings is 1. The fourth-order valence-electron chi connectivity index (χ4n) is 3.28. The Morgan fingerprint density at radius 1 is 1.21 bits per heavy atom. The molecule has 2 aromatic rings. The number of aryl methyl sites for hydroxylation is 2. The Morgan fingerprint density at radius 2 is 1.82 bits per heavy atom. The molecule has 3 rings (SSSR count). The molecule has 0 fully saturated rings. The summed E-state index contributed by atoms with van der Waals surface area (Å²) in [5.74, 6) is 1.08. The Bertz CT molecular complexity index is 882. The van der Waals surface area contributed by atoms with Crippen LogP contribution in [0.3, 0.4) is 0 Å². The number of anilines is 1. The van der Waals surface area contributed by atoms with E-state index in [9.17, 15) is 13.2 Å². The van der Waals surface area contributed by atoms with Crippen molar-refractivity contribution in [1.82, 2.24) is 14.8 Å². The van der Waals surface area contributed by atoms with Crippen LogP contribution in [0, 0.1) is 5.92 Å². The van der Waals surface area contributed by atoms with Crippen molar-refractivity contribution in [2.45, 2.75) is 79.4 Å². The van der Waals surface area contributed by atoms with Gasteiger partial charge in [-0.25, -0.2) is 4.98 Å². The molecule has 0 saturated heterocycles. The monoisotopic (exact) mass is 698 g/mol. The van der Waals surface area contributed by atoms with Gasteiger partial charge in [-0.2, -0.15) is 18.3 Å². The number of hydrogen-bond acceptors (Lipinski definition) is 3. The van der Waals surface area contributed by atoms with Crippen molar-refractivity contribution in [1.29, 1.82) is 0 Å². The Kier molecular flexibility index (Phi) is 16.1. The predicted octanol–water partition coefficient (Wildman–Crippen LogP) is 7.70. The number of nitrogens with two attached hydrogens (primary N) is 1. The van der Waals surface area contributed by atoms with Crippen molar-refractivity contribution in [3.8, 4) is 0 Å². The number of allylic oxidation sites excluding steroid dienone is 3. The Morgan fingerprint density at radius 3 is 2.26 bits per heavy atom. The second-order valence-corrected chi connectivity index (χ2v) is 8.11. The number of nitrogen functional groups attached to an aromatic ring is 1. The van der Waals surface area contributed by atoms with E-state index in [1.165, 1.54) is 0 Å². The van der Waals surface area contributed by atoms with E-state index in [4.69, 9.17) is 5.73 Å². The SMILES string of the molecule is C=C(/C=C(/c1cc2n(n1)CCCC2)C(C)C)C(F)(F)F.CC.CC(C)c1cccnc1N.[Sb][I]. The first-order valence-electron chi connectivity index (χ1n) is 11.4. The number of hydrogen-bond donors (Lipinski definition) is 1. The molecule has 2 radical (unpaired) electrons. The van der Waals surface area contributed by atoms with Crippen LogP contribution in [0.4, 0.5) is 19.0 Å². The molecule has 2 N–H and O–H groups in total. The first-order chi connectivity index (χ1) is 16.0. The van der Waals surface area contributed by atoms with Crippen LogP contribution < -0.4 is 5.73 Å². The summed E-state index contributed by atoms with van der Waals surface area (Å²) in [6, 6.07) is 5.83. The van der Waals surface area contributed by atoms with Gasteiger partial charge in [-0.1, -0.05) is 54.2 Å². The summed E-state index contributed by atoms with van der Waals surface area (Å²) in [5, 5.41) is 4.45. The summed E-state index contributed by atoms with van der Waals surface area (Å²) in [6.45, 7) is 15.9. The molecule has 0 aliphatic carbocycles. The van der Waals surface area contributed by atoms with Gasteiger partial charge in [0.15, 0.2) is 0 Å². The fraction of sp³-hybridized carbons (Fsp3) is 0.520. The standard InChI is InChI=1S/C15H19F3N2.C8H12N2.C2H6.HI.Sb/c1-10(2)13(8-11(3)15(16,17)18)14-9-12-6-4-5-7-20(12)19-14;1-6(2)7-4-3-5-10-8(7)9;1-2;;/h8-10H,3-7H2,1-2H3;3-6H,1-2H3,(H2,9,10);1-2H3;1H;/q;;;;+1/p-1/b13-8+;;;;. The van der Waals surface area contributed by atoms with Gasteiger partial charge < -0.3 is 5.73 Å². The molecule has 0 unspecified atom stereocenters. The Balaban J connectivity index is 0.000000653. The molecule has 0 amide bonds. The van der Waals surface area contributed by atoms with Gasteiger partial charge >= 0.3 is 43.7 Å². The van der Waals surface area contributed by atoms with Gasteiger partial charge in [-0.05, 0) is 60.4 Å². The third kappa shape index (κ3) is 10.7. The van der Waals surface area contributed by atoms with Crippen LogP contribution in [0.5, 0.6) is 0 Å². The Labute approximate surface area is 226 Å². The minimum atomic E-state index is -4.39. The van der Waals surface area contributed by atoms with Gasteiger partial charge in [0.1, 0.15) is 5.82 Å². The van der Waals surface area contributed by atoms with Gasteiger partial charge in [-0.15, -0.1) is 0 Å². The average molecular weight is 699 g/mol. The van der Waals surface area contributed by atoms with Crippen molar-refractivity contribution in [2.24, 2.45) is 5.92 Å². The third-order valence-electron chi connectivity index (χ3n) is 5.02. The van der Waals surface area contributed by atoms with E-state index >= 15 is 0 Å². The van der Waals surface area contributed by atoms with E-state index < -0.39 is 11.7 Å². The average Bonchev–Trinajstić information content (AvgIpc) is 3.23. The maximum absolute atomic E-state index is 12.6. The topological polar surface area (TPSA) is 56.7 Å². The first kappa shape index (κ1) is 33.0. The van der Waals surface area contributed by atoms with Crippen molar-refractivity contribution < 1.29 is 13.2 Å². The molecule has 0 saturated carbocycles. The van der Waals surface area contributed by atoms with Crippen LogP contribution in [-0.4, -0.2) is 39.9 Å². The molecule has 0 spiro atoms. The molecule has 190 valence electrons. The molecular weight excluding hydrogens is 662 g/mol. The van der Waals surface area contributed by atoms with Gasteiger partial charge in [0, 0.05) is 24.0 Å². The minimum absolute atomic E-state index is 0.0361. The number of fused-ring (bicyclic) bond motifs is 1. The first-order valence-corrected chi connectivity index (χ1v) is 18.9. The molecule has 3 heterocycles. The van der Waals surface area contributed by atoms with Crippen molar-refractivity contribution in [2.75, 3.05) is 5.73 Å². The normalized spacial score (nSPS) is 13.0. The predicted molar refractivity (Wildman–Crippen MR) is 147 cm³/mol. The molecule has 0 aromatic carbocycles. The van der Waals surface area contributed by atoms with Crippen LogP contribution in [0.1, 0.15) is 77.3 Å². The van der Waals surface area contributed by atoms with Crippen LogP contribution in [0.2, 0.25) is 0 Å². The summed E-state index contributed by atoms with van der Waals surface area (Å²) in [6.07, 6.45) is 1.57. The number of aromatic nitrogens is 3. The van der Waals surface area contributed by atoms with Gasteiger partial charge in [0.25, 0.3) is 0 Å². The van der Waals surface area contributed by atoms with E-state index in [2.05, 4.69) is 49.0 Å². The number of nitrogens with zero attached hydrogens (tertiary/aromatic N) is 3. The third-order valence-corrected chi connectivity index (χ3v) is 5.02. The summed E-state index contributed by atoms with van der Waals surface area (Å²) in [5.41, 5.74) is 8.25. The summed E-state index contributed by atoms with van der Waals surface area (Å²) < 4.78 is 39.8. The van der Waals surface area contributed by atoms with E-state index in [0.717, 1.165) is 43.1 Å². The molecule has 1 aliphatic rings. The summed E-state index contributed by atoms with van der Waals surface area (Å²) in [4.78, 5) is 3.98. The second kappa shape index (κ2) is 16.6. The molecule has 4 nitrogen and oxygen atoms in total. The molecular formula is C25H37F3IN4Sb. The molecule has 0 bridgehead atoms. The van der Waals surface area contributed by atoms with Gasteiger partial charge in [0.05, 0.1) is 5.69 Å². The maximum atomic E-state index is 12.6.